The lowest BCUT2D eigenvalue weighted by molar-refractivity contribution is 0.398. The Morgan fingerprint density at radius 3 is 3.14 bits per heavy atom. The molecule has 3 rings (SSSR count). The summed E-state index contributed by atoms with van der Waals surface area (Å²) in [5.74, 6) is 2.04. The molecule has 0 spiro atoms. The third-order valence-electron chi connectivity index (χ3n) is 4.05. The molecule has 1 aromatic heterocycles. The molecule has 1 aromatic carbocycles. The van der Waals surface area contributed by atoms with Gasteiger partial charge in [-0.05, 0) is 31.0 Å². The van der Waals surface area contributed by atoms with Gasteiger partial charge in [0.05, 0.1) is 7.11 Å². The van der Waals surface area contributed by atoms with Crippen molar-refractivity contribution in [1.82, 2.24) is 20.1 Å². The number of hydrogen-bond donors (Lipinski definition) is 1. The van der Waals surface area contributed by atoms with Gasteiger partial charge in [0.2, 0.25) is 0 Å². The maximum absolute atomic E-state index is 5.50. The van der Waals surface area contributed by atoms with Gasteiger partial charge >= 0.3 is 0 Å². The van der Waals surface area contributed by atoms with Crippen molar-refractivity contribution < 1.29 is 4.74 Å². The Hall–Kier alpha value is -1.88. The lowest BCUT2D eigenvalue weighted by atomic mass is 9.91. The van der Waals surface area contributed by atoms with Crippen LogP contribution in [0.4, 0.5) is 0 Å². The van der Waals surface area contributed by atoms with Crippen LogP contribution in [0.2, 0.25) is 0 Å². The molecule has 1 atom stereocenters. The molecular formula is C16H22N4O. The van der Waals surface area contributed by atoms with Gasteiger partial charge in [-0.25, -0.2) is 4.98 Å². The first-order valence-corrected chi connectivity index (χ1v) is 7.59. The summed E-state index contributed by atoms with van der Waals surface area (Å²) in [4.78, 5) is 4.43. The number of fused-ring (bicyclic) bond motifs is 1. The van der Waals surface area contributed by atoms with Crippen LogP contribution in [0.25, 0.3) is 0 Å². The van der Waals surface area contributed by atoms with Crippen molar-refractivity contribution in [3.05, 3.63) is 41.5 Å². The molecule has 5 heteroatoms. The highest BCUT2D eigenvalue weighted by Crippen LogP contribution is 2.31. The molecule has 1 aliphatic heterocycles. The van der Waals surface area contributed by atoms with Crippen molar-refractivity contribution in [1.29, 1.82) is 0 Å². The molecule has 5 nitrogen and oxygen atoms in total. The zero-order chi connectivity index (χ0) is 14.7. The Morgan fingerprint density at radius 2 is 2.33 bits per heavy atom. The van der Waals surface area contributed by atoms with E-state index in [1.54, 1.807) is 13.4 Å². The minimum absolute atomic E-state index is 0.281. The number of nitrogens with zero attached hydrogens (tertiary/aromatic N) is 3. The highest BCUT2D eigenvalue weighted by molar-refractivity contribution is 5.43. The summed E-state index contributed by atoms with van der Waals surface area (Å²) >= 11 is 0. The number of methoxy groups -OCH3 is 1. The van der Waals surface area contributed by atoms with Crippen LogP contribution in [-0.4, -0.2) is 28.4 Å². The first-order valence-electron chi connectivity index (χ1n) is 7.59. The van der Waals surface area contributed by atoms with Crippen LogP contribution in [0.15, 0.2) is 24.5 Å². The topological polar surface area (TPSA) is 52.0 Å². The smallest absolute Gasteiger partial charge is 0.138 e. The molecule has 1 N–H and O–H groups in total. The van der Waals surface area contributed by atoms with Gasteiger partial charge in [0, 0.05) is 24.6 Å². The molecule has 1 unspecified atom stereocenters. The molecule has 1 aliphatic rings. The van der Waals surface area contributed by atoms with E-state index in [4.69, 9.17) is 4.74 Å². The van der Waals surface area contributed by atoms with E-state index in [1.165, 1.54) is 11.1 Å². The fourth-order valence-corrected chi connectivity index (χ4v) is 3.06. The van der Waals surface area contributed by atoms with Crippen LogP contribution in [0.5, 0.6) is 5.75 Å². The van der Waals surface area contributed by atoms with E-state index in [1.807, 2.05) is 10.7 Å². The fourth-order valence-electron chi connectivity index (χ4n) is 3.06. The quantitative estimate of drug-likeness (QED) is 0.915. The van der Waals surface area contributed by atoms with Crippen LogP contribution in [0.3, 0.4) is 0 Å². The Kier molecular flexibility index (Phi) is 4.20. The molecule has 2 heterocycles. The second kappa shape index (κ2) is 6.26. The zero-order valence-corrected chi connectivity index (χ0v) is 12.7. The largest absolute Gasteiger partial charge is 0.496 e. The third kappa shape index (κ3) is 2.78. The maximum Gasteiger partial charge on any atom is 0.138 e. The van der Waals surface area contributed by atoms with Crippen molar-refractivity contribution >= 4 is 0 Å². The summed E-state index contributed by atoms with van der Waals surface area (Å²) in [6, 6.07) is 6.58. The predicted octanol–water partition coefficient (Wildman–Crippen LogP) is 2.13. The van der Waals surface area contributed by atoms with E-state index >= 15 is 0 Å². The normalized spacial score (nSPS) is 17.5. The second-order valence-corrected chi connectivity index (χ2v) is 5.39. The summed E-state index contributed by atoms with van der Waals surface area (Å²) in [6.07, 6.45) is 4.59. The average molecular weight is 286 g/mol. The zero-order valence-electron chi connectivity index (χ0n) is 12.7. The molecule has 0 radical (unpaired) electrons. The molecule has 0 aliphatic carbocycles. The van der Waals surface area contributed by atoms with Crippen molar-refractivity contribution in [2.45, 2.75) is 38.8 Å². The molecular weight excluding hydrogens is 264 g/mol. The molecule has 112 valence electrons. The first-order chi connectivity index (χ1) is 10.3. The minimum Gasteiger partial charge on any atom is -0.496 e. The lowest BCUT2D eigenvalue weighted by Crippen LogP contribution is -2.32. The lowest BCUT2D eigenvalue weighted by Gasteiger charge is -2.28. The monoisotopic (exact) mass is 286 g/mol. The number of ether oxygens (including phenoxy) is 1. The number of aryl methyl sites for hydroxylation is 1. The minimum atomic E-state index is 0.281. The predicted molar refractivity (Wildman–Crippen MR) is 81.5 cm³/mol. The number of aromatic nitrogens is 3. The summed E-state index contributed by atoms with van der Waals surface area (Å²) in [6.45, 7) is 4.05. The van der Waals surface area contributed by atoms with Crippen LogP contribution >= 0.6 is 0 Å². The highest BCUT2D eigenvalue weighted by Gasteiger charge is 2.23. The molecule has 0 saturated heterocycles. The van der Waals surface area contributed by atoms with Crippen LogP contribution in [0, 0.1) is 0 Å². The summed E-state index contributed by atoms with van der Waals surface area (Å²) < 4.78 is 7.51. The van der Waals surface area contributed by atoms with Gasteiger partial charge in [0.25, 0.3) is 0 Å². The van der Waals surface area contributed by atoms with E-state index in [-0.39, 0.29) is 6.04 Å². The Labute approximate surface area is 125 Å². The Balaban J connectivity index is 1.87. The number of rotatable bonds is 5. The van der Waals surface area contributed by atoms with Crippen LogP contribution in [0.1, 0.15) is 36.3 Å². The Morgan fingerprint density at radius 1 is 1.43 bits per heavy atom. The first kappa shape index (κ1) is 14.1. The van der Waals surface area contributed by atoms with E-state index in [9.17, 15) is 0 Å². The number of nitrogens with one attached hydrogen (secondary N) is 1. The molecule has 0 saturated carbocycles. The third-order valence-corrected chi connectivity index (χ3v) is 4.05. The van der Waals surface area contributed by atoms with Crippen molar-refractivity contribution in [3.8, 4) is 5.75 Å². The van der Waals surface area contributed by atoms with Gasteiger partial charge in [0.15, 0.2) is 0 Å². The van der Waals surface area contributed by atoms with E-state index in [0.717, 1.165) is 43.9 Å². The van der Waals surface area contributed by atoms with Gasteiger partial charge in [-0.3, -0.25) is 4.68 Å². The molecule has 21 heavy (non-hydrogen) atoms. The second-order valence-electron chi connectivity index (χ2n) is 5.39. The SMILES string of the molecule is CCCn1ncnc1CC1NCCc2c(OC)cccc21. The summed E-state index contributed by atoms with van der Waals surface area (Å²) in [5.41, 5.74) is 2.65. The van der Waals surface area contributed by atoms with Gasteiger partial charge < -0.3 is 10.1 Å². The van der Waals surface area contributed by atoms with Crippen molar-refractivity contribution in [2.75, 3.05) is 13.7 Å². The standard InChI is InChI=1S/C16H22N4O/c1-3-9-20-16(18-11-19-20)10-14-12-5-4-6-15(21-2)13(12)7-8-17-14/h4-6,11,14,17H,3,7-10H2,1-2H3. The highest BCUT2D eigenvalue weighted by atomic mass is 16.5. The molecule has 0 fully saturated rings. The van der Waals surface area contributed by atoms with E-state index < -0.39 is 0 Å². The summed E-state index contributed by atoms with van der Waals surface area (Å²) in [5, 5.41) is 7.91. The van der Waals surface area contributed by atoms with Crippen molar-refractivity contribution in [2.24, 2.45) is 0 Å². The van der Waals surface area contributed by atoms with Crippen LogP contribution < -0.4 is 10.1 Å². The van der Waals surface area contributed by atoms with Gasteiger partial charge in [-0.15, -0.1) is 0 Å². The molecule has 0 amide bonds. The molecule has 0 bridgehead atoms. The number of hydrogen-bond acceptors (Lipinski definition) is 4. The van der Waals surface area contributed by atoms with E-state index in [2.05, 4.69) is 34.5 Å². The fraction of sp³-hybridized carbons (Fsp3) is 0.500. The number of benzene rings is 1. The average Bonchev–Trinajstić information content (AvgIpc) is 2.94. The van der Waals surface area contributed by atoms with Gasteiger partial charge in [-0.1, -0.05) is 19.1 Å². The van der Waals surface area contributed by atoms with Crippen LogP contribution in [-0.2, 0) is 19.4 Å². The van der Waals surface area contributed by atoms with E-state index in [0.29, 0.717) is 0 Å². The summed E-state index contributed by atoms with van der Waals surface area (Å²) in [7, 11) is 1.74. The van der Waals surface area contributed by atoms with Gasteiger partial charge in [0.1, 0.15) is 17.9 Å². The Bertz CT molecular complexity index is 608. The maximum atomic E-state index is 5.50. The molecule has 2 aromatic rings. The van der Waals surface area contributed by atoms with Crippen molar-refractivity contribution in [3.63, 3.8) is 0 Å². The van der Waals surface area contributed by atoms with Gasteiger partial charge in [-0.2, -0.15) is 5.10 Å².